The third kappa shape index (κ3) is 59.8. The van der Waals surface area contributed by atoms with Gasteiger partial charge in [0.25, 0.3) is 0 Å². The third-order valence-electron chi connectivity index (χ3n) is 2.87. The first-order valence-corrected chi connectivity index (χ1v) is 26.6. The van der Waals surface area contributed by atoms with Gasteiger partial charge in [0.1, 0.15) is 28.2 Å². The molecule has 0 radical (unpaired) electrons. The van der Waals surface area contributed by atoms with Crippen LogP contribution in [-0.2, 0) is 10.8 Å². The van der Waals surface area contributed by atoms with E-state index in [1.165, 1.54) is 0 Å². The van der Waals surface area contributed by atoms with Crippen LogP contribution in [0, 0.1) is 0 Å². The zero-order chi connectivity index (χ0) is 27.5. The van der Waals surface area contributed by atoms with Gasteiger partial charge in [-0.25, -0.2) is 9.15 Å². The van der Waals surface area contributed by atoms with Crippen molar-refractivity contribution >= 4 is 51.2 Å². The maximum absolute atomic E-state index is 5.05. The Hall–Kier alpha value is -1.36. The molecule has 0 saturated carbocycles. The van der Waals surface area contributed by atoms with Gasteiger partial charge in [0, 0.05) is 40.3 Å². The van der Waals surface area contributed by atoms with E-state index >= 15 is 0 Å². The first-order chi connectivity index (χ1) is 16.3. The first-order valence-electron chi connectivity index (χ1n) is 11.0. The molecule has 35 heavy (non-hydrogen) atoms. The average molecular weight is 618 g/mol. The molecule has 0 bridgehead atoms. The molecule has 0 N–H and O–H groups in total. The number of halogens is 4. The molecule has 0 heterocycles. The summed E-state index contributed by atoms with van der Waals surface area (Å²) in [5.41, 5.74) is 0. The summed E-state index contributed by atoms with van der Waals surface area (Å²) in [4.78, 5) is 4.00. The SMILES string of the molecule is CN(C)C=CC=CC=CC=CC=[N+](C)C.CN(C)C=CC=CC=CC=CC=[N+](C)C.[Cl][Zn-2]([Cl])([Cl])[Cl]. The molecule has 4 nitrogen and oxygen atoms in total. The van der Waals surface area contributed by atoms with Gasteiger partial charge in [0.15, 0.2) is 12.4 Å². The van der Waals surface area contributed by atoms with E-state index in [9.17, 15) is 0 Å². The van der Waals surface area contributed by atoms with E-state index in [4.69, 9.17) is 38.8 Å². The van der Waals surface area contributed by atoms with Crippen molar-refractivity contribution in [3.63, 3.8) is 0 Å². The zero-order valence-corrected chi connectivity index (χ0v) is 28.4. The van der Waals surface area contributed by atoms with Crippen LogP contribution in [0.25, 0.3) is 0 Å². The number of allylic oxidation sites excluding steroid dienone is 14. The van der Waals surface area contributed by atoms with Gasteiger partial charge in [-0.15, -0.1) is 0 Å². The summed E-state index contributed by atoms with van der Waals surface area (Å²) in [5.74, 6) is 0. The predicted octanol–water partition coefficient (Wildman–Crippen LogP) is 6.90. The summed E-state index contributed by atoms with van der Waals surface area (Å²) in [6.45, 7) is 0. The summed E-state index contributed by atoms with van der Waals surface area (Å²) >= 11 is 0. The van der Waals surface area contributed by atoms with Gasteiger partial charge in [0.05, 0.1) is 0 Å². The van der Waals surface area contributed by atoms with E-state index in [0.717, 1.165) is 0 Å². The quantitative estimate of drug-likeness (QED) is 0.114. The minimum atomic E-state index is -3.36. The molecule has 0 aliphatic rings. The van der Waals surface area contributed by atoms with Gasteiger partial charge in [-0.1, -0.05) is 60.8 Å². The zero-order valence-electron chi connectivity index (χ0n) is 22.4. The summed E-state index contributed by atoms with van der Waals surface area (Å²) in [6, 6.07) is 0. The summed E-state index contributed by atoms with van der Waals surface area (Å²) in [7, 11) is 32.8. The second-order valence-corrected chi connectivity index (χ2v) is 35.5. The fourth-order valence-electron chi connectivity index (χ4n) is 1.53. The van der Waals surface area contributed by atoms with Crippen molar-refractivity contribution < 1.29 is 20.0 Å². The van der Waals surface area contributed by atoms with Crippen LogP contribution in [0.1, 0.15) is 0 Å². The summed E-state index contributed by atoms with van der Waals surface area (Å²) in [6.07, 6.45) is 36.0. The van der Waals surface area contributed by atoms with E-state index in [1.807, 2.05) is 185 Å². The molecule has 0 unspecified atom stereocenters. The Balaban J connectivity index is -0.000000491. The third-order valence-corrected chi connectivity index (χ3v) is 2.87. The Kier molecular flexibility index (Phi) is 29.7. The van der Waals surface area contributed by atoms with Crippen molar-refractivity contribution in [1.82, 2.24) is 9.80 Å². The van der Waals surface area contributed by atoms with E-state index in [0.29, 0.717) is 0 Å². The van der Waals surface area contributed by atoms with Gasteiger partial charge in [-0.3, -0.25) is 0 Å². The standard InChI is InChI=1S/2C13H21N2.4ClH.Zn/c2*1-14(2)12-10-8-6-5-7-9-11-13-15(3)4;;;;;/h2*5-13H,1-4H3;4*1H;/q2*+1;;;;;+2/p-4. The Morgan fingerprint density at radius 3 is 0.829 bits per heavy atom. The maximum atomic E-state index is 5.05. The van der Waals surface area contributed by atoms with Crippen LogP contribution in [0.2, 0.25) is 0 Å². The van der Waals surface area contributed by atoms with Crippen molar-refractivity contribution in [2.24, 2.45) is 0 Å². The van der Waals surface area contributed by atoms with Crippen LogP contribution in [0.5, 0.6) is 0 Å². The topological polar surface area (TPSA) is 12.5 Å². The number of rotatable bonds is 10. The molecule has 0 spiro atoms. The van der Waals surface area contributed by atoms with Crippen LogP contribution in [0.3, 0.4) is 0 Å². The van der Waals surface area contributed by atoms with Gasteiger partial charge >= 0.3 is 49.6 Å². The molecule has 0 amide bonds. The first kappa shape index (κ1) is 38.2. The monoisotopic (exact) mass is 614 g/mol. The number of hydrogen-bond donors (Lipinski definition) is 0. The van der Waals surface area contributed by atoms with Gasteiger partial charge in [-0.05, 0) is 24.6 Å². The molecule has 0 aromatic rings. The van der Waals surface area contributed by atoms with Gasteiger partial charge < -0.3 is 9.80 Å². The van der Waals surface area contributed by atoms with E-state index in [-0.39, 0.29) is 0 Å². The minimum absolute atomic E-state index is 2.00. The Morgan fingerprint density at radius 2 is 0.629 bits per heavy atom. The van der Waals surface area contributed by atoms with Gasteiger partial charge in [0.2, 0.25) is 0 Å². The second-order valence-electron chi connectivity index (χ2n) is 7.75. The molecule has 0 aromatic heterocycles. The molecule has 196 valence electrons. The number of nitrogens with zero attached hydrogens (tertiary/aromatic N) is 4. The van der Waals surface area contributed by atoms with Crippen molar-refractivity contribution in [1.29, 1.82) is 0 Å². The molecule has 0 aliphatic carbocycles. The van der Waals surface area contributed by atoms with Gasteiger partial charge in [-0.2, -0.15) is 0 Å². The molecule has 0 aliphatic heterocycles. The average Bonchev–Trinajstić information content (AvgIpc) is 2.69. The Morgan fingerprint density at radius 1 is 0.429 bits per heavy atom. The van der Waals surface area contributed by atoms with Crippen LogP contribution in [-0.4, -0.2) is 87.8 Å². The van der Waals surface area contributed by atoms with Crippen LogP contribution in [0.15, 0.2) is 97.5 Å². The number of hydrogen-bond acceptors (Lipinski definition) is 2. The molecule has 0 saturated heterocycles. The van der Waals surface area contributed by atoms with E-state index in [2.05, 4.69) is 0 Å². The molecule has 0 atom stereocenters. The fraction of sp³-hybridized carbons (Fsp3) is 0.308. The second kappa shape index (κ2) is 27.2. The molecule has 0 aromatic carbocycles. The molecule has 0 fully saturated rings. The van der Waals surface area contributed by atoms with E-state index < -0.39 is 10.8 Å². The van der Waals surface area contributed by atoms with Crippen molar-refractivity contribution in [2.75, 3.05) is 56.4 Å². The van der Waals surface area contributed by atoms with Crippen LogP contribution < -0.4 is 0 Å². The van der Waals surface area contributed by atoms with Crippen LogP contribution in [0.4, 0.5) is 0 Å². The van der Waals surface area contributed by atoms with Crippen LogP contribution >= 0.6 is 38.8 Å². The van der Waals surface area contributed by atoms with E-state index in [1.54, 1.807) is 0 Å². The van der Waals surface area contributed by atoms with Crippen molar-refractivity contribution in [2.45, 2.75) is 0 Å². The summed E-state index contributed by atoms with van der Waals surface area (Å²) < 4.78 is 4.00. The molecular formula is C26H42Cl4N4Zn. The molecular weight excluding hydrogens is 576 g/mol. The Labute approximate surface area is 233 Å². The summed E-state index contributed by atoms with van der Waals surface area (Å²) in [5, 5.41) is 0. The predicted molar refractivity (Wildman–Crippen MR) is 160 cm³/mol. The Bertz CT molecular complexity index is 736. The van der Waals surface area contributed by atoms with Crippen molar-refractivity contribution in [3.8, 4) is 0 Å². The molecule has 0 rings (SSSR count). The van der Waals surface area contributed by atoms with Crippen molar-refractivity contribution in [3.05, 3.63) is 97.5 Å². The fourth-order valence-corrected chi connectivity index (χ4v) is 1.53. The molecule has 9 heteroatoms. The normalized spacial score (nSPS) is 12.2.